The summed E-state index contributed by atoms with van der Waals surface area (Å²) < 4.78 is 10.9. The van der Waals surface area contributed by atoms with Crippen LogP contribution in [0, 0.1) is 5.92 Å². The Morgan fingerprint density at radius 2 is 1.83 bits per heavy atom. The number of piperidine rings is 1. The molecular formula is C22H25N3O5. The predicted octanol–water partition coefficient (Wildman–Crippen LogP) is 2.22. The number of anilines is 1. The van der Waals surface area contributed by atoms with Crippen molar-refractivity contribution in [2.75, 3.05) is 31.2 Å². The smallest absolute Gasteiger partial charge is 0.309 e. The molecule has 0 radical (unpaired) electrons. The number of carbonyl (C=O) groups is 3. The first-order valence-corrected chi connectivity index (χ1v) is 9.86. The number of amides is 1. The van der Waals surface area contributed by atoms with Gasteiger partial charge in [-0.15, -0.1) is 0 Å². The molecule has 2 heterocycles. The summed E-state index contributed by atoms with van der Waals surface area (Å²) in [7, 11) is 0. The zero-order valence-corrected chi connectivity index (χ0v) is 16.9. The van der Waals surface area contributed by atoms with Crippen molar-refractivity contribution in [2.45, 2.75) is 19.8 Å². The maximum absolute atomic E-state index is 12.3. The number of carbonyl (C=O) groups excluding carboxylic acids is 3. The quantitative estimate of drug-likeness (QED) is 0.403. The Morgan fingerprint density at radius 1 is 1.10 bits per heavy atom. The molecule has 1 aliphatic heterocycles. The fraction of sp³-hybridized carbons (Fsp3) is 0.364. The van der Waals surface area contributed by atoms with Crippen LogP contribution < -0.4 is 15.4 Å². The van der Waals surface area contributed by atoms with E-state index in [9.17, 15) is 14.4 Å². The van der Waals surface area contributed by atoms with E-state index in [1.165, 1.54) is 13.1 Å². The van der Waals surface area contributed by atoms with Crippen LogP contribution >= 0.6 is 0 Å². The number of nitrogens with zero attached hydrogens (tertiary/aromatic N) is 2. The lowest BCUT2D eigenvalue weighted by Crippen LogP contribution is -2.37. The van der Waals surface area contributed by atoms with Crippen molar-refractivity contribution in [1.82, 2.24) is 4.98 Å². The lowest BCUT2D eigenvalue weighted by molar-refractivity contribution is -0.150. The fourth-order valence-corrected chi connectivity index (χ4v) is 3.36. The van der Waals surface area contributed by atoms with E-state index in [4.69, 9.17) is 15.2 Å². The summed E-state index contributed by atoms with van der Waals surface area (Å²) >= 11 is 0. The minimum absolute atomic E-state index is 0.0758. The number of pyridine rings is 1. The first kappa shape index (κ1) is 21.3. The van der Waals surface area contributed by atoms with Crippen LogP contribution in [0.4, 0.5) is 5.82 Å². The molecule has 3 rings (SSSR count). The van der Waals surface area contributed by atoms with Gasteiger partial charge in [-0.2, -0.15) is 0 Å². The van der Waals surface area contributed by atoms with Gasteiger partial charge in [0.1, 0.15) is 24.8 Å². The number of nitrogens with two attached hydrogens (primary N) is 1. The van der Waals surface area contributed by atoms with Crippen LogP contribution in [0.5, 0.6) is 5.75 Å². The SMILES string of the molecule is CC(=O)c1ccccc1OCCOC(=O)C1CCN(c2ccc(C(N)=O)cn2)CC1. The van der Waals surface area contributed by atoms with E-state index < -0.39 is 5.91 Å². The fourth-order valence-electron chi connectivity index (χ4n) is 3.36. The van der Waals surface area contributed by atoms with Crippen LogP contribution in [0.2, 0.25) is 0 Å². The molecule has 2 N–H and O–H groups in total. The molecule has 0 spiro atoms. The van der Waals surface area contributed by atoms with Crippen LogP contribution in [0.1, 0.15) is 40.5 Å². The first-order valence-electron chi connectivity index (χ1n) is 9.86. The Balaban J connectivity index is 1.41. The Kier molecular flexibility index (Phi) is 7.00. The summed E-state index contributed by atoms with van der Waals surface area (Å²) in [5.41, 5.74) is 6.10. The summed E-state index contributed by atoms with van der Waals surface area (Å²) in [4.78, 5) is 41.4. The van der Waals surface area contributed by atoms with Gasteiger partial charge in [0.05, 0.1) is 17.0 Å². The number of rotatable bonds is 8. The van der Waals surface area contributed by atoms with Crippen molar-refractivity contribution in [1.29, 1.82) is 0 Å². The first-order chi connectivity index (χ1) is 14.5. The zero-order valence-electron chi connectivity index (χ0n) is 16.9. The van der Waals surface area contributed by atoms with Crippen LogP contribution in [-0.4, -0.2) is 48.9 Å². The molecule has 2 aromatic rings. The Morgan fingerprint density at radius 3 is 2.47 bits per heavy atom. The molecule has 158 valence electrons. The van der Waals surface area contributed by atoms with Gasteiger partial charge in [0.15, 0.2) is 5.78 Å². The highest BCUT2D eigenvalue weighted by Gasteiger charge is 2.26. The third-order valence-electron chi connectivity index (χ3n) is 5.04. The van der Waals surface area contributed by atoms with Gasteiger partial charge in [0, 0.05) is 19.3 Å². The molecule has 1 fully saturated rings. The van der Waals surface area contributed by atoms with E-state index >= 15 is 0 Å². The Bertz CT molecular complexity index is 905. The Labute approximate surface area is 175 Å². The minimum atomic E-state index is -0.510. The second kappa shape index (κ2) is 9.87. The number of aromatic nitrogens is 1. The Hall–Kier alpha value is -3.42. The van der Waals surface area contributed by atoms with E-state index in [1.807, 2.05) is 0 Å². The van der Waals surface area contributed by atoms with Gasteiger partial charge in [-0.3, -0.25) is 14.4 Å². The van der Waals surface area contributed by atoms with Crippen LogP contribution in [-0.2, 0) is 9.53 Å². The van der Waals surface area contributed by atoms with E-state index in [-0.39, 0.29) is 30.9 Å². The van der Waals surface area contributed by atoms with Gasteiger partial charge in [-0.05, 0) is 44.0 Å². The number of ketones is 1. The number of ether oxygens (including phenoxy) is 2. The summed E-state index contributed by atoms with van der Waals surface area (Å²) in [5.74, 6) is 0.247. The summed E-state index contributed by atoms with van der Waals surface area (Å²) in [6.07, 6.45) is 2.78. The highest BCUT2D eigenvalue weighted by atomic mass is 16.6. The molecule has 30 heavy (non-hydrogen) atoms. The van der Waals surface area contributed by atoms with Crippen molar-refractivity contribution in [2.24, 2.45) is 11.7 Å². The van der Waals surface area contributed by atoms with E-state index in [0.29, 0.717) is 42.8 Å². The van der Waals surface area contributed by atoms with Crippen molar-refractivity contribution in [3.05, 3.63) is 53.7 Å². The topological polar surface area (TPSA) is 112 Å². The van der Waals surface area contributed by atoms with Gasteiger partial charge in [0.2, 0.25) is 5.91 Å². The van der Waals surface area contributed by atoms with Crippen molar-refractivity contribution in [3.8, 4) is 5.75 Å². The van der Waals surface area contributed by atoms with Crippen molar-refractivity contribution in [3.63, 3.8) is 0 Å². The second-order valence-electron chi connectivity index (χ2n) is 7.10. The van der Waals surface area contributed by atoms with Gasteiger partial charge < -0.3 is 20.1 Å². The zero-order chi connectivity index (χ0) is 21.5. The van der Waals surface area contributed by atoms with Crippen LogP contribution in [0.3, 0.4) is 0 Å². The molecule has 0 saturated carbocycles. The summed E-state index contributed by atoms with van der Waals surface area (Å²) in [5, 5.41) is 0. The van der Waals surface area contributed by atoms with Crippen LogP contribution in [0.25, 0.3) is 0 Å². The monoisotopic (exact) mass is 411 g/mol. The standard InChI is InChI=1S/C22H25N3O5/c1-15(26)18-4-2-3-5-19(18)29-12-13-30-22(28)16-8-10-25(11-9-16)20-7-6-17(14-24-20)21(23)27/h2-7,14,16H,8-13H2,1H3,(H2,23,27). The van der Waals surface area contributed by atoms with E-state index in [2.05, 4.69) is 9.88 Å². The van der Waals surface area contributed by atoms with Crippen LogP contribution in [0.15, 0.2) is 42.6 Å². The van der Waals surface area contributed by atoms with Gasteiger partial charge in [-0.25, -0.2) is 4.98 Å². The summed E-state index contributed by atoms with van der Waals surface area (Å²) in [6, 6.07) is 10.4. The highest BCUT2D eigenvalue weighted by molar-refractivity contribution is 5.96. The average molecular weight is 411 g/mol. The molecule has 1 aromatic heterocycles. The molecular weight excluding hydrogens is 386 g/mol. The lowest BCUT2D eigenvalue weighted by Gasteiger charge is -2.31. The molecule has 0 aliphatic carbocycles. The maximum Gasteiger partial charge on any atom is 0.309 e. The molecule has 0 unspecified atom stereocenters. The molecule has 1 saturated heterocycles. The number of esters is 1. The summed E-state index contributed by atoms with van der Waals surface area (Å²) in [6.45, 7) is 3.14. The number of hydrogen-bond donors (Lipinski definition) is 1. The highest BCUT2D eigenvalue weighted by Crippen LogP contribution is 2.23. The molecule has 0 atom stereocenters. The average Bonchev–Trinajstić information content (AvgIpc) is 2.77. The largest absolute Gasteiger partial charge is 0.489 e. The second-order valence-corrected chi connectivity index (χ2v) is 7.10. The lowest BCUT2D eigenvalue weighted by atomic mass is 9.97. The number of para-hydroxylation sites is 1. The van der Waals surface area contributed by atoms with Gasteiger partial charge in [0.25, 0.3) is 0 Å². The predicted molar refractivity (Wildman–Crippen MR) is 111 cm³/mol. The molecule has 8 nitrogen and oxygen atoms in total. The number of hydrogen-bond acceptors (Lipinski definition) is 7. The minimum Gasteiger partial charge on any atom is -0.489 e. The number of benzene rings is 1. The van der Waals surface area contributed by atoms with Crippen molar-refractivity contribution < 1.29 is 23.9 Å². The third-order valence-corrected chi connectivity index (χ3v) is 5.04. The number of primary amides is 1. The maximum atomic E-state index is 12.3. The van der Waals surface area contributed by atoms with E-state index in [0.717, 1.165) is 5.82 Å². The van der Waals surface area contributed by atoms with Gasteiger partial charge in [-0.1, -0.05) is 12.1 Å². The van der Waals surface area contributed by atoms with E-state index in [1.54, 1.807) is 36.4 Å². The molecule has 8 heteroatoms. The molecule has 0 bridgehead atoms. The van der Waals surface area contributed by atoms with Gasteiger partial charge >= 0.3 is 5.97 Å². The van der Waals surface area contributed by atoms with Crippen molar-refractivity contribution >= 4 is 23.5 Å². The number of Topliss-reactive ketones (excluding diaryl/α,β-unsaturated/α-hetero) is 1. The molecule has 1 aromatic carbocycles. The molecule has 1 amide bonds. The third kappa shape index (κ3) is 5.34. The normalized spacial score (nSPS) is 14.2. The molecule has 1 aliphatic rings.